The molecule has 0 spiro atoms. The molecule has 3 heteroatoms. The molecule has 1 atom stereocenters. The van der Waals surface area contributed by atoms with Crippen LogP contribution in [0.25, 0.3) is 0 Å². The number of nitrogen functional groups attached to an aromatic ring is 1. The van der Waals surface area contributed by atoms with Crippen LogP contribution in [0.1, 0.15) is 17.9 Å². The van der Waals surface area contributed by atoms with E-state index in [0.29, 0.717) is 11.7 Å². The van der Waals surface area contributed by atoms with Crippen molar-refractivity contribution < 1.29 is 0 Å². The fourth-order valence-electron chi connectivity index (χ4n) is 2.58. The zero-order valence-electron chi connectivity index (χ0n) is 10.3. The van der Waals surface area contributed by atoms with Crippen LogP contribution in [-0.2, 0) is 0 Å². The van der Waals surface area contributed by atoms with Gasteiger partial charge in [-0.05, 0) is 24.1 Å². The first-order valence-electron chi connectivity index (χ1n) is 6.34. The predicted molar refractivity (Wildman–Crippen MR) is 74.7 cm³/mol. The van der Waals surface area contributed by atoms with Gasteiger partial charge in [-0.15, -0.1) is 0 Å². The van der Waals surface area contributed by atoms with Gasteiger partial charge in [0.25, 0.3) is 0 Å². The lowest BCUT2D eigenvalue weighted by Gasteiger charge is -2.18. The molecule has 1 aromatic heterocycles. The van der Waals surface area contributed by atoms with E-state index in [1.54, 1.807) is 0 Å². The zero-order chi connectivity index (χ0) is 12.4. The first-order chi connectivity index (χ1) is 8.83. The number of anilines is 2. The topological polar surface area (TPSA) is 42.1 Å². The van der Waals surface area contributed by atoms with Crippen molar-refractivity contribution in [2.75, 3.05) is 23.7 Å². The average molecular weight is 239 g/mol. The maximum absolute atomic E-state index is 5.61. The van der Waals surface area contributed by atoms with E-state index >= 15 is 0 Å². The van der Waals surface area contributed by atoms with Crippen LogP contribution in [0.15, 0.2) is 48.7 Å². The Bertz CT molecular complexity index is 507. The van der Waals surface area contributed by atoms with Crippen LogP contribution in [0.3, 0.4) is 0 Å². The molecule has 1 fully saturated rings. The van der Waals surface area contributed by atoms with Gasteiger partial charge in [0, 0.05) is 19.0 Å². The molecule has 92 valence electrons. The third-order valence-corrected chi connectivity index (χ3v) is 3.60. The minimum atomic E-state index is 0.581. The molecule has 2 heterocycles. The van der Waals surface area contributed by atoms with Crippen LogP contribution in [0.5, 0.6) is 0 Å². The van der Waals surface area contributed by atoms with E-state index in [1.807, 2.05) is 12.3 Å². The van der Waals surface area contributed by atoms with Crippen LogP contribution in [0, 0.1) is 0 Å². The molecule has 1 aliphatic rings. The van der Waals surface area contributed by atoms with Crippen LogP contribution < -0.4 is 10.6 Å². The first kappa shape index (κ1) is 11.1. The van der Waals surface area contributed by atoms with Gasteiger partial charge >= 0.3 is 0 Å². The molecule has 1 saturated heterocycles. The second-order valence-corrected chi connectivity index (χ2v) is 4.78. The van der Waals surface area contributed by atoms with Crippen molar-refractivity contribution in [1.82, 2.24) is 4.98 Å². The van der Waals surface area contributed by atoms with Crippen molar-refractivity contribution in [1.29, 1.82) is 0 Å². The molecular weight excluding hydrogens is 222 g/mol. The summed E-state index contributed by atoms with van der Waals surface area (Å²) in [5.74, 6) is 1.21. The highest BCUT2D eigenvalue weighted by Gasteiger charge is 2.23. The summed E-state index contributed by atoms with van der Waals surface area (Å²) in [7, 11) is 0. The van der Waals surface area contributed by atoms with Gasteiger partial charge in [0.2, 0.25) is 0 Å². The summed E-state index contributed by atoms with van der Waals surface area (Å²) in [5.41, 5.74) is 8.22. The Labute approximate surface area is 107 Å². The summed E-state index contributed by atoms with van der Waals surface area (Å²) in [6.45, 7) is 2.15. The normalized spacial score (nSPS) is 19.1. The van der Waals surface area contributed by atoms with E-state index in [2.05, 4.69) is 46.3 Å². The fourth-order valence-corrected chi connectivity index (χ4v) is 2.58. The Balaban J connectivity index is 1.74. The van der Waals surface area contributed by atoms with Gasteiger partial charge in [0.1, 0.15) is 5.82 Å². The molecular formula is C15H17N3. The maximum atomic E-state index is 5.61. The highest BCUT2D eigenvalue weighted by Crippen LogP contribution is 2.30. The number of pyridine rings is 1. The Morgan fingerprint density at radius 1 is 1.11 bits per heavy atom. The Kier molecular flexibility index (Phi) is 2.89. The lowest BCUT2D eigenvalue weighted by atomic mass is 9.99. The number of hydrogen-bond donors (Lipinski definition) is 1. The van der Waals surface area contributed by atoms with Crippen molar-refractivity contribution in [2.24, 2.45) is 0 Å². The van der Waals surface area contributed by atoms with Crippen molar-refractivity contribution in [3.63, 3.8) is 0 Å². The standard InChI is InChI=1S/C15H17N3/c16-15-7-6-14(10-17-15)18-9-8-13(11-18)12-4-2-1-3-5-12/h1-7,10,13H,8-9,11H2,(H2,16,17). The minimum absolute atomic E-state index is 0.581. The number of hydrogen-bond acceptors (Lipinski definition) is 3. The third kappa shape index (κ3) is 2.16. The molecule has 1 aliphatic heterocycles. The number of aromatic nitrogens is 1. The Hall–Kier alpha value is -2.03. The van der Waals surface area contributed by atoms with E-state index < -0.39 is 0 Å². The minimum Gasteiger partial charge on any atom is -0.384 e. The summed E-state index contributed by atoms with van der Waals surface area (Å²) >= 11 is 0. The monoisotopic (exact) mass is 239 g/mol. The van der Waals surface area contributed by atoms with Crippen LogP contribution in [0.2, 0.25) is 0 Å². The highest BCUT2D eigenvalue weighted by molar-refractivity contribution is 5.49. The quantitative estimate of drug-likeness (QED) is 0.876. The fraction of sp³-hybridized carbons (Fsp3) is 0.267. The molecule has 18 heavy (non-hydrogen) atoms. The molecule has 2 N–H and O–H groups in total. The largest absolute Gasteiger partial charge is 0.384 e. The third-order valence-electron chi connectivity index (χ3n) is 3.60. The van der Waals surface area contributed by atoms with E-state index in [-0.39, 0.29) is 0 Å². The highest BCUT2D eigenvalue weighted by atomic mass is 15.2. The van der Waals surface area contributed by atoms with Gasteiger partial charge in [-0.1, -0.05) is 30.3 Å². The van der Waals surface area contributed by atoms with Crippen LogP contribution >= 0.6 is 0 Å². The summed E-state index contributed by atoms with van der Waals surface area (Å²) in [6, 6.07) is 14.7. The molecule has 3 nitrogen and oxygen atoms in total. The van der Waals surface area contributed by atoms with Crippen molar-refractivity contribution in [3.8, 4) is 0 Å². The van der Waals surface area contributed by atoms with E-state index in [4.69, 9.17) is 5.73 Å². The van der Waals surface area contributed by atoms with Gasteiger partial charge in [-0.2, -0.15) is 0 Å². The summed E-state index contributed by atoms with van der Waals surface area (Å²) < 4.78 is 0. The van der Waals surface area contributed by atoms with Crippen LogP contribution in [0.4, 0.5) is 11.5 Å². The van der Waals surface area contributed by atoms with E-state index in [9.17, 15) is 0 Å². The molecule has 0 amide bonds. The van der Waals surface area contributed by atoms with Gasteiger partial charge in [0.15, 0.2) is 0 Å². The van der Waals surface area contributed by atoms with Gasteiger partial charge in [0.05, 0.1) is 11.9 Å². The molecule has 0 saturated carbocycles. The summed E-state index contributed by atoms with van der Waals surface area (Å²) in [6.07, 6.45) is 3.07. The molecule has 3 rings (SSSR count). The Morgan fingerprint density at radius 3 is 2.67 bits per heavy atom. The van der Waals surface area contributed by atoms with E-state index in [1.165, 1.54) is 17.7 Å². The molecule has 0 aliphatic carbocycles. The maximum Gasteiger partial charge on any atom is 0.123 e. The second-order valence-electron chi connectivity index (χ2n) is 4.78. The van der Waals surface area contributed by atoms with E-state index in [0.717, 1.165) is 13.1 Å². The predicted octanol–water partition coefficient (Wildman–Crippen LogP) is 2.66. The zero-order valence-corrected chi connectivity index (χ0v) is 10.3. The van der Waals surface area contributed by atoms with Crippen molar-refractivity contribution >= 4 is 11.5 Å². The van der Waals surface area contributed by atoms with Gasteiger partial charge < -0.3 is 10.6 Å². The molecule has 1 unspecified atom stereocenters. The molecule has 0 radical (unpaired) electrons. The van der Waals surface area contributed by atoms with Gasteiger partial charge in [-0.25, -0.2) is 4.98 Å². The number of benzene rings is 1. The van der Waals surface area contributed by atoms with Crippen molar-refractivity contribution in [3.05, 3.63) is 54.2 Å². The number of nitrogens with two attached hydrogens (primary N) is 1. The lowest BCUT2D eigenvalue weighted by Crippen LogP contribution is -2.19. The average Bonchev–Trinajstić information content (AvgIpc) is 2.90. The molecule has 2 aromatic rings. The lowest BCUT2D eigenvalue weighted by molar-refractivity contribution is 0.775. The Morgan fingerprint density at radius 2 is 1.94 bits per heavy atom. The molecule has 1 aromatic carbocycles. The first-order valence-corrected chi connectivity index (χ1v) is 6.34. The second kappa shape index (κ2) is 4.69. The van der Waals surface area contributed by atoms with Crippen molar-refractivity contribution in [2.45, 2.75) is 12.3 Å². The summed E-state index contributed by atoms with van der Waals surface area (Å²) in [4.78, 5) is 6.54. The number of rotatable bonds is 2. The van der Waals surface area contributed by atoms with Crippen LogP contribution in [-0.4, -0.2) is 18.1 Å². The number of nitrogens with zero attached hydrogens (tertiary/aromatic N) is 2. The smallest absolute Gasteiger partial charge is 0.123 e. The van der Waals surface area contributed by atoms with Gasteiger partial charge in [-0.3, -0.25) is 0 Å². The summed E-state index contributed by atoms with van der Waals surface area (Å²) in [5, 5.41) is 0. The SMILES string of the molecule is Nc1ccc(N2CCC(c3ccccc3)C2)cn1. The molecule has 0 bridgehead atoms.